The number of nitrogens with one attached hydrogen (secondary N) is 2. The Kier molecular flexibility index (Phi) is 6.72. The van der Waals surface area contributed by atoms with Gasteiger partial charge in [0.25, 0.3) is 0 Å². The third kappa shape index (κ3) is 5.68. The number of carbonyl (C=O) groups is 2. The van der Waals surface area contributed by atoms with Gasteiger partial charge in [0.2, 0.25) is 11.8 Å². The van der Waals surface area contributed by atoms with E-state index in [0.29, 0.717) is 28.0 Å². The Morgan fingerprint density at radius 1 is 1.36 bits per heavy atom. The van der Waals surface area contributed by atoms with Crippen LogP contribution >= 0.6 is 23.4 Å². The molecule has 1 heterocycles. The Balaban J connectivity index is 1.80. The van der Waals surface area contributed by atoms with Crippen LogP contribution in [0.25, 0.3) is 0 Å². The number of benzene rings is 1. The largest absolute Gasteiger partial charge is 0.495 e. The lowest BCUT2D eigenvalue weighted by Crippen LogP contribution is -2.25. The number of methoxy groups -OCH3 is 1. The first-order valence-electron chi connectivity index (χ1n) is 7.38. The van der Waals surface area contributed by atoms with Crippen molar-refractivity contribution >= 4 is 46.7 Å². The second kappa shape index (κ2) is 8.77. The maximum Gasteiger partial charge on any atom is 0.238 e. The molecule has 0 unspecified atom stereocenters. The van der Waals surface area contributed by atoms with Crippen LogP contribution in [-0.2, 0) is 9.59 Å². The van der Waals surface area contributed by atoms with Gasteiger partial charge in [-0.05, 0) is 32.0 Å². The molecule has 7 nitrogen and oxygen atoms in total. The SMILES string of the molecule is COc1ccc(NC(=O)CS[C@@H](C)C(=O)Nc2cc(C)on2)cc1Cl. The fourth-order valence-electron chi connectivity index (χ4n) is 1.87. The molecule has 2 N–H and O–H groups in total. The normalized spacial score (nSPS) is 11.7. The van der Waals surface area contributed by atoms with Crippen molar-refractivity contribution in [1.29, 1.82) is 0 Å². The lowest BCUT2D eigenvalue weighted by atomic mass is 10.3. The highest BCUT2D eigenvalue weighted by Crippen LogP contribution is 2.27. The summed E-state index contributed by atoms with van der Waals surface area (Å²) in [6.45, 7) is 3.45. The van der Waals surface area contributed by atoms with Crippen molar-refractivity contribution in [3.05, 3.63) is 35.0 Å². The van der Waals surface area contributed by atoms with Gasteiger partial charge in [0.1, 0.15) is 11.5 Å². The summed E-state index contributed by atoms with van der Waals surface area (Å²) >= 11 is 7.22. The number of amides is 2. The molecule has 2 rings (SSSR count). The molecule has 25 heavy (non-hydrogen) atoms. The van der Waals surface area contributed by atoms with Crippen LogP contribution in [0.4, 0.5) is 11.5 Å². The standard InChI is InChI=1S/C16H18ClN3O4S/c1-9-6-14(20-24-9)19-16(22)10(2)25-8-15(21)18-11-4-5-13(23-3)12(17)7-11/h4-7,10H,8H2,1-3H3,(H,18,21)(H,19,20,22)/t10-/m0/s1. The fraction of sp³-hybridized carbons (Fsp3) is 0.312. The van der Waals surface area contributed by atoms with E-state index in [2.05, 4.69) is 15.8 Å². The van der Waals surface area contributed by atoms with Gasteiger partial charge in [0.05, 0.1) is 23.1 Å². The zero-order chi connectivity index (χ0) is 18.4. The predicted octanol–water partition coefficient (Wildman–Crippen LogP) is 3.34. The van der Waals surface area contributed by atoms with Gasteiger partial charge < -0.3 is 19.9 Å². The Morgan fingerprint density at radius 2 is 2.12 bits per heavy atom. The molecule has 0 fully saturated rings. The molecule has 1 aromatic heterocycles. The first kappa shape index (κ1) is 19.1. The number of hydrogen-bond acceptors (Lipinski definition) is 6. The summed E-state index contributed by atoms with van der Waals surface area (Å²) in [5.74, 6) is 1.13. The second-order valence-corrected chi connectivity index (χ2v) is 6.90. The number of hydrogen-bond donors (Lipinski definition) is 2. The molecule has 1 aromatic carbocycles. The quantitative estimate of drug-likeness (QED) is 0.761. The summed E-state index contributed by atoms with van der Waals surface area (Å²) in [5, 5.41) is 9.02. The summed E-state index contributed by atoms with van der Waals surface area (Å²) in [7, 11) is 1.52. The molecule has 0 radical (unpaired) electrons. The number of aromatic nitrogens is 1. The molecule has 2 amide bonds. The van der Waals surface area contributed by atoms with Gasteiger partial charge >= 0.3 is 0 Å². The highest BCUT2D eigenvalue weighted by atomic mass is 35.5. The Bertz CT molecular complexity index is 766. The van der Waals surface area contributed by atoms with E-state index in [4.69, 9.17) is 20.9 Å². The summed E-state index contributed by atoms with van der Waals surface area (Å²) in [6, 6.07) is 6.58. The maximum absolute atomic E-state index is 12.0. The first-order valence-corrected chi connectivity index (χ1v) is 8.81. The summed E-state index contributed by atoms with van der Waals surface area (Å²) in [4.78, 5) is 24.0. The molecule has 0 aliphatic rings. The van der Waals surface area contributed by atoms with E-state index in [1.54, 1.807) is 38.1 Å². The first-order chi connectivity index (χ1) is 11.9. The van der Waals surface area contributed by atoms with Crippen LogP contribution < -0.4 is 15.4 Å². The lowest BCUT2D eigenvalue weighted by Gasteiger charge is -2.11. The van der Waals surface area contributed by atoms with E-state index in [-0.39, 0.29) is 17.6 Å². The summed E-state index contributed by atoms with van der Waals surface area (Å²) in [5.41, 5.74) is 0.562. The van der Waals surface area contributed by atoms with Gasteiger partial charge in [-0.1, -0.05) is 16.8 Å². The Labute approximate surface area is 154 Å². The van der Waals surface area contributed by atoms with Crippen molar-refractivity contribution < 1.29 is 18.8 Å². The van der Waals surface area contributed by atoms with Crippen molar-refractivity contribution in [1.82, 2.24) is 5.16 Å². The van der Waals surface area contributed by atoms with Crippen molar-refractivity contribution in [2.24, 2.45) is 0 Å². The summed E-state index contributed by atoms with van der Waals surface area (Å²) in [6.07, 6.45) is 0. The number of carbonyl (C=O) groups excluding carboxylic acids is 2. The molecule has 1 atom stereocenters. The molecule has 0 spiro atoms. The molecule has 0 bridgehead atoms. The second-order valence-electron chi connectivity index (χ2n) is 5.16. The van der Waals surface area contributed by atoms with Gasteiger partial charge in [-0.25, -0.2) is 0 Å². The maximum atomic E-state index is 12.0. The summed E-state index contributed by atoms with van der Waals surface area (Å²) < 4.78 is 9.94. The number of thioether (sulfide) groups is 1. The molecular weight excluding hydrogens is 366 g/mol. The number of anilines is 2. The smallest absolute Gasteiger partial charge is 0.238 e. The molecule has 134 valence electrons. The van der Waals surface area contributed by atoms with Crippen LogP contribution in [-0.4, -0.2) is 35.1 Å². The van der Waals surface area contributed by atoms with Crippen molar-refractivity contribution in [2.75, 3.05) is 23.5 Å². The topological polar surface area (TPSA) is 93.5 Å². The third-order valence-electron chi connectivity index (χ3n) is 3.15. The van der Waals surface area contributed by atoms with Crippen LogP contribution in [0.5, 0.6) is 5.75 Å². The minimum absolute atomic E-state index is 0.121. The molecule has 9 heteroatoms. The molecule has 0 saturated carbocycles. The van der Waals surface area contributed by atoms with Crippen LogP contribution in [0.2, 0.25) is 5.02 Å². The zero-order valence-electron chi connectivity index (χ0n) is 14.0. The van der Waals surface area contributed by atoms with Gasteiger partial charge in [-0.15, -0.1) is 11.8 Å². The minimum atomic E-state index is -0.429. The van der Waals surface area contributed by atoms with Gasteiger partial charge in [-0.2, -0.15) is 0 Å². The average molecular weight is 384 g/mol. The molecular formula is C16H18ClN3O4S. The Hall–Kier alpha value is -2.19. The fourth-order valence-corrected chi connectivity index (χ4v) is 2.81. The van der Waals surface area contributed by atoms with E-state index in [9.17, 15) is 9.59 Å². The highest BCUT2D eigenvalue weighted by Gasteiger charge is 2.17. The number of halogens is 1. The van der Waals surface area contributed by atoms with Crippen LogP contribution in [0, 0.1) is 6.92 Å². The third-order valence-corrected chi connectivity index (χ3v) is 4.59. The predicted molar refractivity (Wildman–Crippen MR) is 98.4 cm³/mol. The minimum Gasteiger partial charge on any atom is -0.495 e. The zero-order valence-corrected chi connectivity index (χ0v) is 15.5. The van der Waals surface area contributed by atoms with E-state index in [0.717, 1.165) is 0 Å². The monoisotopic (exact) mass is 383 g/mol. The lowest BCUT2D eigenvalue weighted by molar-refractivity contribution is -0.115. The number of rotatable bonds is 7. The molecule has 0 aliphatic heterocycles. The van der Waals surface area contributed by atoms with E-state index in [1.807, 2.05) is 0 Å². The van der Waals surface area contributed by atoms with Crippen molar-refractivity contribution in [2.45, 2.75) is 19.1 Å². The van der Waals surface area contributed by atoms with Gasteiger partial charge in [-0.3, -0.25) is 9.59 Å². The van der Waals surface area contributed by atoms with E-state index in [1.165, 1.54) is 18.9 Å². The molecule has 0 aliphatic carbocycles. The van der Waals surface area contributed by atoms with Crippen LogP contribution in [0.3, 0.4) is 0 Å². The van der Waals surface area contributed by atoms with E-state index < -0.39 is 5.25 Å². The van der Waals surface area contributed by atoms with Crippen LogP contribution in [0.1, 0.15) is 12.7 Å². The van der Waals surface area contributed by atoms with Gasteiger partial charge in [0, 0.05) is 11.8 Å². The highest BCUT2D eigenvalue weighted by molar-refractivity contribution is 8.01. The van der Waals surface area contributed by atoms with Crippen molar-refractivity contribution in [3.8, 4) is 5.75 Å². The Morgan fingerprint density at radius 3 is 2.72 bits per heavy atom. The number of nitrogens with zero attached hydrogens (tertiary/aromatic N) is 1. The van der Waals surface area contributed by atoms with E-state index >= 15 is 0 Å². The van der Waals surface area contributed by atoms with Gasteiger partial charge in [0.15, 0.2) is 5.82 Å². The molecule has 0 saturated heterocycles. The number of aryl methyl sites for hydroxylation is 1. The average Bonchev–Trinajstić information content (AvgIpc) is 2.97. The van der Waals surface area contributed by atoms with Crippen molar-refractivity contribution in [3.63, 3.8) is 0 Å². The molecule has 2 aromatic rings. The number of ether oxygens (including phenoxy) is 1. The van der Waals surface area contributed by atoms with Crippen LogP contribution in [0.15, 0.2) is 28.8 Å².